The Balaban J connectivity index is 2.01. The lowest BCUT2D eigenvalue weighted by molar-refractivity contribution is -0.253. The zero-order valence-electron chi connectivity index (χ0n) is 9.83. The molecular formula is C12H19NO3. The van der Waals surface area contributed by atoms with Gasteiger partial charge in [-0.05, 0) is 12.8 Å². The summed E-state index contributed by atoms with van der Waals surface area (Å²) in [6.45, 7) is 2.03. The fourth-order valence-corrected chi connectivity index (χ4v) is 3.63. The van der Waals surface area contributed by atoms with E-state index < -0.39 is 5.79 Å². The minimum absolute atomic E-state index is 0.234. The molecule has 0 radical (unpaired) electrons. The van der Waals surface area contributed by atoms with E-state index >= 15 is 0 Å². The first-order valence-electron chi connectivity index (χ1n) is 6.24. The van der Waals surface area contributed by atoms with Crippen LogP contribution in [0, 0.1) is 5.41 Å². The van der Waals surface area contributed by atoms with E-state index in [-0.39, 0.29) is 11.3 Å². The lowest BCUT2D eigenvalue weighted by Gasteiger charge is -2.49. The quantitative estimate of drug-likeness (QED) is 0.621. The SMILES string of the molecule is CN1CCC2(OCCO2)C2(CCCC2)C1=O. The van der Waals surface area contributed by atoms with Crippen LogP contribution in [0.25, 0.3) is 0 Å². The van der Waals surface area contributed by atoms with Crippen molar-refractivity contribution < 1.29 is 14.3 Å². The van der Waals surface area contributed by atoms with Crippen LogP contribution in [-0.4, -0.2) is 43.4 Å². The number of piperidine rings is 1. The van der Waals surface area contributed by atoms with Gasteiger partial charge in [0.15, 0.2) is 5.79 Å². The highest BCUT2D eigenvalue weighted by Gasteiger charge is 2.63. The van der Waals surface area contributed by atoms with Crippen molar-refractivity contribution in [2.75, 3.05) is 26.8 Å². The van der Waals surface area contributed by atoms with Gasteiger partial charge >= 0.3 is 0 Å². The van der Waals surface area contributed by atoms with Crippen LogP contribution >= 0.6 is 0 Å². The summed E-state index contributed by atoms with van der Waals surface area (Å²) in [6, 6.07) is 0. The van der Waals surface area contributed by atoms with Crippen molar-refractivity contribution in [2.24, 2.45) is 5.41 Å². The van der Waals surface area contributed by atoms with Crippen LogP contribution in [0.15, 0.2) is 0 Å². The Morgan fingerprint density at radius 2 is 1.75 bits per heavy atom. The van der Waals surface area contributed by atoms with Gasteiger partial charge in [-0.25, -0.2) is 0 Å². The molecule has 2 spiro atoms. The van der Waals surface area contributed by atoms with Gasteiger partial charge in [-0.2, -0.15) is 0 Å². The summed E-state index contributed by atoms with van der Waals surface area (Å²) in [5, 5.41) is 0. The molecule has 0 unspecified atom stereocenters. The molecule has 2 saturated heterocycles. The monoisotopic (exact) mass is 225 g/mol. The van der Waals surface area contributed by atoms with Gasteiger partial charge in [0.2, 0.25) is 5.91 Å². The molecule has 2 heterocycles. The smallest absolute Gasteiger partial charge is 0.233 e. The number of ether oxygens (including phenoxy) is 2. The molecule has 16 heavy (non-hydrogen) atoms. The average molecular weight is 225 g/mol. The Hall–Kier alpha value is -0.610. The molecule has 0 N–H and O–H groups in total. The lowest BCUT2D eigenvalue weighted by atomic mass is 9.72. The van der Waals surface area contributed by atoms with Crippen molar-refractivity contribution >= 4 is 5.91 Å². The second-order valence-electron chi connectivity index (χ2n) is 5.22. The summed E-state index contributed by atoms with van der Waals surface area (Å²) in [5.41, 5.74) is -0.378. The average Bonchev–Trinajstić information content (AvgIpc) is 2.93. The van der Waals surface area contributed by atoms with E-state index in [1.165, 1.54) is 0 Å². The minimum atomic E-state index is -0.590. The van der Waals surface area contributed by atoms with Crippen LogP contribution < -0.4 is 0 Å². The van der Waals surface area contributed by atoms with Crippen LogP contribution in [0.3, 0.4) is 0 Å². The van der Waals surface area contributed by atoms with Gasteiger partial charge in [0.25, 0.3) is 0 Å². The van der Waals surface area contributed by atoms with E-state index in [1.54, 1.807) is 0 Å². The molecule has 0 aromatic rings. The van der Waals surface area contributed by atoms with E-state index in [4.69, 9.17) is 9.47 Å². The molecule has 0 atom stereocenters. The third kappa shape index (κ3) is 1.14. The van der Waals surface area contributed by atoms with Crippen molar-refractivity contribution in [2.45, 2.75) is 37.9 Å². The largest absolute Gasteiger partial charge is 0.346 e. The van der Waals surface area contributed by atoms with Gasteiger partial charge in [-0.3, -0.25) is 4.79 Å². The topological polar surface area (TPSA) is 38.8 Å². The molecular weight excluding hydrogens is 206 g/mol. The number of carbonyl (C=O) groups excluding carboxylic acids is 1. The van der Waals surface area contributed by atoms with E-state index in [2.05, 4.69) is 0 Å². The van der Waals surface area contributed by atoms with Gasteiger partial charge in [0.05, 0.1) is 13.2 Å². The van der Waals surface area contributed by atoms with E-state index in [1.807, 2.05) is 11.9 Å². The molecule has 1 saturated carbocycles. The summed E-state index contributed by atoms with van der Waals surface area (Å²) in [7, 11) is 1.89. The van der Waals surface area contributed by atoms with E-state index in [0.717, 1.165) is 38.6 Å². The lowest BCUT2D eigenvalue weighted by Crippen LogP contribution is -2.62. The van der Waals surface area contributed by atoms with Crippen LogP contribution in [0.5, 0.6) is 0 Å². The first-order valence-corrected chi connectivity index (χ1v) is 6.24. The predicted octanol–water partition coefficient (Wildman–Crippen LogP) is 1.15. The van der Waals surface area contributed by atoms with Crippen LogP contribution in [-0.2, 0) is 14.3 Å². The first-order chi connectivity index (χ1) is 7.70. The minimum Gasteiger partial charge on any atom is -0.346 e. The number of nitrogens with zero attached hydrogens (tertiary/aromatic N) is 1. The molecule has 0 aromatic heterocycles. The third-order valence-electron chi connectivity index (χ3n) is 4.47. The zero-order valence-corrected chi connectivity index (χ0v) is 9.83. The summed E-state index contributed by atoms with van der Waals surface area (Å²) in [4.78, 5) is 14.3. The molecule has 2 aliphatic heterocycles. The third-order valence-corrected chi connectivity index (χ3v) is 4.47. The second kappa shape index (κ2) is 3.44. The fourth-order valence-electron chi connectivity index (χ4n) is 3.63. The van der Waals surface area contributed by atoms with E-state index in [9.17, 15) is 4.79 Å². The van der Waals surface area contributed by atoms with Crippen LogP contribution in [0.2, 0.25) is 0 Å². The number of rotatable bonds is 0. The van der Waals surface area contributed by atoms with Crippen molar-refractivity contribution in [3.05, 3.63) is 0 Å². The molecule has 3 rings (SSSR count). The van der Waals surface area contributed by atoms with Crippen molar-refractivity contribution in [3.8, 4) is 0 Å². The Labute approximate surface area is 95.9 Å². The van der Waals surface area contributed by atoms with Gasteiger partial charge < -0.3 is 14.4 Å². The second-order valence-corrected chi connectivity index (χ2v) is 5.22. The van der Waals surface area contributed by atoms with Crippen LogP contribution in [0.1, 0.15) is 32.1 Å². The molecule has 90 valence electrons. The number of hydrogen-bond acceptors (Lipinski definition) is 3. The summed E-state index contributed by atoms with van der Waals surface area (Å²) < 4.78 is 11.7. The van der Waals surface area contributed by atoms with Gasteiger partial charge in [0.1, 0.15) is 5.41 Å². The molecule has 1 amide bonds. The molecule has 4 heteroatoms. The Morgan fingerprint density at radius 3 is 2.38 bits per heavy atom. The first kappa shape index (κ1) is 10.5. The van der Waals surface area contributed by atoms with E-state index in [0.29, 0.717) is 13.2 Å². The van der Waals surface area contributed by atoms with Gasteiger partial charge in [0, 0.05) is 20.0 Å². The van der Waals surface area contributed by atoms with Gasteiger partial charge in [-0.15, -0.1) is 0 Å². The molecule has 3 aliphatic rings. The summed E-state index contributed by atoms with van der Waals surface area (Å²) in [5.74, 6) is -0.356. The summed E-state index contributed by atoms with van der Waals surface area (Å²) in [6.07, 6.45) is 4.92. The fraction of sp³-hybridized carbons (Fsp3) is 0.917. The number of fused-ring (bicyclic) bond motifs is 1. The van der Waals surface area contributed by atoms with Gasteiger partial charge in [-0.1, -0.05) is 12.8 Å². The summed E-state index contributed by atoms with van der Waals surface area (Å²) >= 11 is 0. The highest BCUT2D eigenvalue weighted by atomic mass is 16.7. The highest BCUT2D eigenvalue weighted by molar-refractivity contribution is 5.85. The standard InChI is InChI=1S/C12H19NO3/c1-13-7-6-12(15-8-9-16-12)11(10(13)14)4-2-3-5-11/h2-9H2,1H3. The maximum Gasteiger partial charge on any atom is 0.233 e. The molecule has 3 fully saturated rings. The number of likely N-dealkylation sites (tertiary alicyclic amines) is 1. The number of carbonyl (C=O) groups is 1. The Morgan fingerprint density at radius 1 is 1.12 bits per heavy atom. The maximum atomic E-state index is 12.5. The van der Waals surface area contributed by atoms with Crippen LogP contribution in [0.4, 0.5) is 0 Å². The maximum absolute atomic E-state index is 12.5. The Kier molecular flexibility index (Phi) is 2.27. The number of amides is 1. The van der Waals surface area contributed by atoms with Crippen molar-refractivity contribution in [3.63, 3.8) is 0 Å². The highest BCUT2D eigenvalue weighted by Crippen LogP contribution is 2.54. The number of hydrogen-bond donors (Lipinski definition) is 0. The zero-order chi connectivity index (χ0) is 11.2. The molecule has 0 aromatic carbocycles. The van der Waals surface area contributed by atoms with Crippen molar-refractivity contribution in [1.82, 2.24) is 4.90 Å². The molecule has 0 bridgehead atoms. The van der Waals surface area contributed by atoms with Crippen molar-refractivity contribution in [1.29, 1.82) is 0 Å². The normalized spacial score (nSPS) is 31.8. The Bertz CT molecular complexity index is 303. The molecule has 1 aliphatic carbocycles. The predicted molar refractivity (Wildman–Crippen MR) is 57.8 cm³/mol. The molecule has 4 nitrogen and oxygen atoms in total.